The summed E-state index contributed by atoms with van der Waals surface area (Å²) in [5.74, 6) is 2.60. The third kappa shape index (κ3) is 2.98. The fourth-order valence-corrected chi connectivity index (χ4v) is 5.02. The van der Waals surface area contributed by atoms with Gasteiger partial charge in [0.1, 0.15) is 5.82 Å². The first kappa shape index (κ1) is 16.5. The van der Waals surface area contributed by atoms with Crippen LogP contribution in [0.5, 0.6) is 0 Å². The highest BCUT2D eigenvalue weighted by atomic mass is 15.3. The molecule has 1 N–H and O–H groups in total. The summed E-state index contributed by atoms with van der Waals surface area (Å²) in [6.45, 7) is 3.50. The summed E-state index contributed by atoms with van der Waals surface area (Å²) in [5.41, 5.74) is 1.19. The first-order chi connectivity index (χ1) is 12.9. The Balaban J connectivity index is 1.38. The van der Waals surface area contributed by atoms with Crippen LogP contribution in [0.1, 0.15) is 76.0 Å². The number of nitrogens with zero attached hydrogens (tertiary/aromatic N) is 5. The summed E-state index contributed by atoms with van der Waals surface area (Å²) in [6.07, 6.45) is 17.2. The van der Waals surface area contributed by atoms with Crippen LogP contribution >= 0.6 is 0 Å². The number of likely N-dealkylation sites (tertiary alicyclic amines) is 1. The van der Waals surface area contributed by atoms with Crippen molar-refractivity contribution >= 4 is 11.5 Å². The number of piperidine rings is 1. The predicted molar refractivity (Wildman–Crippen MR) is 102 cm³/mol. The van der Waals surface area contributed by atoms with Crippen molar-refractivity contribution in [2.75, 3.05) is 25.0 Å². The molecule has 2 saturated carbocycles. The molecule has 26 heavy (non-hydrogen) atoms. The molecule has 5 rings (SSSR count). The van der Waals surface area contributed by atoms with E-state index < -0.39 is 0 Å². The average Bonchev–Trinajstić information content (AvgIpc) is 3.46. The van der Waals surface area contributed by atoms with E-state index in [1.807, 2.05) is 12.4 Å². The summed E-state index contributed by atoms with van der Waals surface area (Å²) in [7, 11) is 0. The Kier molecular flexibility index (Phi) is 4.31. The fourth-order valence-electron chi connectivity index (χ4n) is 5.02. The lowest BCUT2D eigenvalue weighted by Crippen LogP contribution is -2.56. The highest BCUT2D eigenvalue weighted by Gasteiger charge is 2.38. The van der Waals surface area contributed by atoms with Gasteiger partial charge in [0.2, 0.25) is 5.65 Å². The molecular weight excluding hydrogens is 324 g/mol. The maximum atomic E-state index is 4.61. The largest absolute Gasteiger partial charge is 0.365 e. The van der Waals surface area contributed by atoms with E-state index in [0.717, 1.165) is 23.8 Å². The molecule has 140 valence electrons. The zero-order valence-corrected chi connectivity index (χ0v) is 15.7. The Morgan fingerprint density at radius 2 is 1.77 bits per heavy atom. The average molecular weight is 355 g/mol. The fraction of sp³-hybridized carbons (Fsp3) is 0.750. The van der Waals surface area contributed by atoms with E-state index >= 15 is 0 Å². The molecule has 0 radical (unpaired) electrons. The Hall–Kier alpha value is -1.69. The van der Waals surface area contributed by atoms with Crippen molar-refractivity contribution in [2.24, 2.45) is 0 Å². The predicted octanol–water partition coefficient (Wildman–Crippen LogP) is 3.60. The monoisotopic (exact) mass is 354 g/mol. The number of fused-ring (bicyclic) bond motifs is 1. The summed E-state index contributed by atoms with van der Waals surface area (Å²) in [6, 6.07) is 0. The topological polar surface area (TPSA) is 58.4 Å². The van der Waals surface area contributed by atoms with Crippen molar-refractivity contribution < 1.29 is 0 Å². The van der Waals surface area contributed by atoms with Gasteiger partial charge in [0.05, 0.1) is 0 Å². The Morgan fingerprint density at radius 1 is 1.00 bits per heavy atom. The third-order valence-electron chi connectivity index (χ3n) is 6.69. The van der Waals surface area contributed by atoms with Gasteiger partial charge in [-0.15, -0.1) is 10.2 Å². The van der Waals surface area contributed by atoms with Gasteiger partial charge < -0.3 is 5.32 Å². The number of aromatic nitrogens is 4. The van der Waals surface area contributed by atoms with E-state index in [0.29, 0.717) is 11.5 Å². The molecule has 1 aliphatic heterocycles. The van der Waals surface area contributed by atoms with Crippen molar-refractivity contribution in [1.82, 2.24) is 24.5 Å². The van der Waals surface area contributed by atoms with E-state index in [2.05, 4.69) is 29.8 Å². The number of hydrogen-bond acceptors (Lipinski definition) is 5. The summed E-state index contributed by atoms with van der Waals surface area (Å²) in [5, 5.41) is 12.6. The number of hydrogen-bond donors (Lipinski definition) is 1. The van der Waals surface area contributed by atoms with Gasteiger partial charge in [-0.1, -0.05) is 25.7 Å². The standard InChI is InChI=1S/C20H30N6/c1-3-9-20(10-4-1,25-12-5-2-6-13-25)15-22-17-19-24-23-18(16-7-8-16)26(19)14-11-21-17/h11,14,16H,1-10,12-13,15H2,(H,21,22). The van der Waals surface area contributed by atoms with Crippen molar-refractivity contribution in [3.05, 3.63) is 18.2 Å². The minimum Gasteiger partial charge on any atom is -0.365 e. The Morgan fingerprint density at radius 3 is 2.54 bits per heavy atom. The highest BCUT2D eigenvalue weighted by Crippen LogP contribution is 2.39. The molecule has 0 bridgehead atoms. The molecule has 0 amide bonds. The van der Waals surface area contributed by atoms with Crippen LogP contribution in [0, 0.1) is 0 Å². The summed E-state index contributed by atoms with van der Waals surface area (Å²) in [4.78, 5) is 7.39. The molecule has 0 atom stereocenters. The molecule has 1 saturated heterocycles. The SMILES string of the molecule is c1cn2c(C3CC3)nnc2c(NCC2(N3CCCCC3)CCCCC2)n1. The molecule has 2 aromatic heterocycles. The highest BCUT2D eigenvalue weighted by molar-refractivity contribution is 5.62. The first-order valence-corrected chi connectivity index (χ1v) is 10.5. The molecule has 3 heterocycles. The second-order valence-electron chi connectivity index (χ2n) is 8.49. The molecule has 0 unspecified atom stereocenters. The zero-order valence-electron chi connectivity index (χ0n) is 15.7. The molecular formula is C20H30N6. The van der Waals surface area contributed by atoms with E-state index in [1.165, 1.54) is 77.3 Å². The van der Waals surface area contributed by atoms with Crippen molar-refractivity contribution in [3.63, 3.8) is 0 Å². The molecule has 2 aliphatic carbocycles. The van der Waals surface area contributed by atoms with E-state index in [1.54, 1.807) is 0 Å². The smallest absolute Gasteiger partial charge is 0.203 e. The van der Waals surface area contributed by atoms with Gasteiger partial charge >= 0.3 is 0 Å². The lowest BCUT2D eigenvalue weighted by Gasteiger charge is -2.48. The minimum absolute atomic E-state index is 0.298. The van der Waals surface area contributed by atoms with Crippen LogP contribution in [0.15, 0.2) is 12.4 Å². The van der Waals surface area contributed by atoms with E-state index in [4.69, 9.17) is 0 Å². The van der Waals surface area contributed by atoms with Crippen LogP contribution in [0.3, 0.4) is 0 Å². The van der Waals surface area contributed by atoms with Crippen LogP contribution in [0.2, 0.25) is 0 Å². The van der Waals surface area contributed by atoms with Crippen LogP contribution in [0.25, 0.3) is 5.65 Å². The second-order valence-corrected chi connectivity index (χ2v) is 8.49. The maximum absolute atomic E-state index is 4.61. The summed E-state index contributed by atoms with van der Waals surface area (Å²) < 4.78 is 2.14. The quantitative estimate of drug-likeness (QED) is 0.889. The van der Waals surface area contributed by atoms with Gasteiger partial charge in [0.15, 0.2) is 5.82 Å². The first-order valence-electron chi connectivity index (χ1n) is 10.5. The van der Waals surface area contributed by atoms with Gasteiger partial charge in [0, 0.05) is 30.4 Å². The van der Waals surface area contributed by atoms with Crippen molar-refractivity contribution in [3.8, 4) is 0 Å². The maximum Gasteiger partial charge on any atom is 0.203 e. The summed E-state index contributed by atoms with van der Waals surface area (Å²) >= 11 is 0. The normalized spacial score (nSPS) is 24.0. The van der Waals surface area contributed by atoms with Crippen LogP contribution < -0.4 is 5.32 Å². The Labute approximate surface area is 155 Å². The van der Waals surface area contributed by atoms with Crippen LogP contribution in [0.4, 0.5) is 5.82 Å². The minimum atomic E-state index is 0.298. The lowest BCUT2D eigenvalue weighted by atomic mass is 9.79. The van der Waals surface area contributed by atoms with Crippen LogP contribution in [-0.2, 0) is 0 Å². The molecule has 3 fully saturated rings. The van der Waals surface area contributed by atoms with Gasteiger partial charge in [-0.05, 0) is 51.6 Å². The van der Waals surface area contributed by atoms with Gasteiger partial charge in [-0.2, -0.15) is 0 Å². The molecule has 6 nitrogen and oxygen atoms in total. The van der Waals surface area contributed by atoms with E-state index in [9.17, 15) is 0 Å². The van der Waals surface area contributed by atoms with Crippen molar-refractivity contribution in [1.29, 1.82) is 0 Å². The zero-order chi connectivity index (χ0) is 17.4. The third-order valence-corrected chi connectivity index (χ3v) is 6.69. The van der Waals surface area contributed by atoms with Gasteiger partial charge in [-0.25, -0.2) is 4.98 Å². The molecule has 0 aromatic carbocycles. The van der Waals surface area contributed by atoms with E-state index in [-0.39, 0.29) is 0 Å². The molecule has 3 aliphatic rings. The molecule has 6 heteroatoms. The molecule has 2 aromatic rings. The number of rotatable bonds is 5. The Bertz CT molecular complexity index is 753. The number of anilines is 1. The lowest BCUT2D eigenvalue weighted by molar-refractivity contribution is 0.0437. The number of nitrogens with one attached hydrogen (secondary N) is 1. The van der Waals surface area contributed by atoms with Gasteiger partial charge in [-0.3, -0.25) is 9.30 Å². The second kappa shape index (κ2) is 6.80. The molecule has 0 spiro atoms. The van der Waals surface area contributed by atoms with Crippen molar-refractivity contribution in [2.45, 2.75) is 75.7 Å². The van der Waals surface area contributed by atoms with Crippen LogP contribution in [-0.4, -0.2) is 49.7 Å². The van der Waals surface area contributed by atoms with Gasteiger partial charge in [0.25, 0.3) is 0 Å².